The van der Waals surface area contributed by atoms with E-state index < -0.39 is 12.0 Å². The van der Waals surface area contributed by atoms with E-state index in [0.717, 1.165) is 0 Å². The molecule has 1 saturated heterocycles. The maximum Gasteiger partial charge on any atom is 0.326 e. The van der Waals surface area contributed by atoms with E-state index in [0.29, 0.717) is 43.1 Å². The maximum atomic E-state index is 12.6. The molecule has 1 aliphatic heterocycles. The van der Waals surface area contributed by atoms with Gasteiger partial charge in [-0.1, -0.05) is 11.6 Å². The normalized spacial score (nSPS) is 17.4. The number of carbonyl (C=O) groups is 2. The number of ether oxygens (including phenoxy) is 2. The highest BCUT2D eigenvalue weighted by Gasteiger charge is 2.34. The molecule has 1 aliphatic rings. The Hall–Kier alpha value is -1.95. The van der Waals surface area contributed by atoms with Crippen LogP contribution in [0.5, 0.6) is 11.5 Å². The number of hydrogen-bond acceptors (Lipinski definition) is 4. The number of likely N-dealkylation sites (tertiary alicyclic amines) is 1. The van der Waals surface area contributed by atoms with E-state index in [1.54, 1.807) is 0 Å². The number of carbonyl (C=O) groups excluding carboxylic acids is 1. The minimum atomic E-state index is -0.991. The Kier molecular flexibility index (Phi) is 5.13. The fourth-order valence-electron chi connectivity index (χ4n) is 2.56. The highest BCUT2D eigenvalue weighted by Crippen LogP contribution is 2.37. The lowest BCUT2D eigenvalue weighted by atomic mass is 10.1. The second kappa shape index (κ2) is 6.87. The first-order valence-corrected chi connectivity index (χ1v) is 7.41. The molecule has 0 radical (unpaired) electrons. The van der Waals surface area contributed by atoms with E-state index in [2.05, 4.69) is 0 Å². The molecule has 120 valence electrons. The van der Waals surface area contributed by atoms with Crippen LogP contribution in [0.3, 0.4) is 0 Å². The van der Waals surface area contributed by atoms with Gasteiger partial charge in [0.1, 0.15) is 6.04 Å². The van der Waals surface area contributed by atoms with Gasteiger partial charge >= 0.3 is 5.97 Å². The number of carboxylic acid groups (broad SMARTS) is 1. The summed E-state index contributed by atoms with van der Waals surface area (Å²) in [6.07, 6.45) is 1.13. The molecule has 0 unspecified atom stereocenters. The molecule has 0 aromatic heterocycles. The number of aliphatic carboxylic acids is 1. The summed E-state index contributed by atoms with van der Waals surface area (Å²) in [7, 11) is 1.46. The maximum absolute atomic E-state index is 12.6. The van der Waals surface area contributed by atoms with Crippen molar-refractivity contribution >= 4 is 23.5 Å². The van der Waals surface area contributed by atoms with Crippen LogP contribution in [0, 0.1) is 0 Å². The van der Waals surface area contributed by atoms with E-state index in [4.69, 9.17) is 21.1 Å². The fraction of sp³-hybridized carbons (Fsp3) is 0.467. The molecule has 1 fully saturated rings. The largest absolute Gasteiger partial charge is 0.493 e. The molecule has 0 aliphatic carbocycles. The summed E-state index contributed by atoms with van der Waals surface area (Å²) >= 11 is 6.15. The van der Waals surface area contributed by atoms with Crippen LogP contribution in [-0.2, 0) is 4.79 Å². The SMILES string of the molecule is CCOc1c(Cl)cc(C(=O)N2CCC[C@H]2C(=O)O)cc1OC. The summed E-state index contributed by atoms with van der Waals surface area (Å²) < 4.78 is 10.6. The lowest BCUT2D eigenvalue weighted by Crippen LogP contribution is -2.40. The summed E-state index contributed by atoms with van der Waals surface area (Å²) in [5.41, 5.74) is 0.290. The third-order valence-corrected chi connectivity index (χ3v) is 3.84. The predicted octanol–water partition coefficient (Wildman–Crippen LogP) is 2.44. The quantitative estimate of drug-likeness (QED) is 0.899. The zero-order chi connectivity index (χ0) is 16.3. The van der Waals surface area contributed by atoms with Crippen molar-refractivity contribution in [1.82, 2.24) is 4.90 Å². The van der Waals surface area contributed by atoms with Gasteiger partial charge in [-0.2, -0.15) is 0 Å². The molecular weight excluding hydrogens is 310 g/mol. The summed E-state index contributed by atoms with van der Waals surface area (Å²) in [6, 6.07) is 2.22. The number of carboxylic acids is 1. The van der Waals surface area contributed by atoms with E-state index in [9.17, 15) is 14.7 Å². The first-order valence-electron chi connectivity index (χ1n) is 7.03. The van der Waals surface area contributed by atoms with Crippen LogP contribution in [0.2, 0.25) is 5.02 Å². The van der Waals surface area contributed by atoms with Crippen molar-refractivity contribution in [3.8, 4) is 11.5 Å². The number of halogens is 1. The third kappa shape index (κ3) is 3.11. The van der Waals surface area contributed by atoms with Crippen LogP contribution in [0.1, 0.15) is 30.1 Å². The molecule has 1 aromatic carbocycles. The Morgan fingerprint density at radius 3 is 2.77 bits per heavy atom. The molecule has 1 N–H and O–H groups in total. The monoisotopic (exact) mass is 327 g/mol. The van der Waals surface area contributed by atoms with Gasteiger partial charge < -0.3 is 19.5 Å². The zero-order valence-electron chi connectivity index (χ0n) is 12.5. The topological polar surface area (TPSA) is 76.1 Å². The first kappa shape index (κ1) is 16.4. The van der Waals surface area contributed by atoms with Crippen molar-refractivity contribution in [3.05, 3.63) is 22.7 Å². The number of hydrogen-bond donors (Lipinski definition) is 1. The van der Waals surface area contributed by atoms with Crippen molar-refractivity contribution in [2.45, 2.75) is 25.8 Å². The summed E-state index contributed by atoms with van der Waals surface area (Å²) in [4.78, 5) is 25.1. The number of rotatable bonds is 5. The molecule has 1 aromatic rings. The molecule has 1 heterocycles. The van der Waals surface area contributed by atoms with Crippen LogP contribution >= 0.6 is 11.6 Å². The summed E-state index contributed by atoms with van der Waals surface area (Å²) in [5.74, 6) is -0.633. The molecule has 7 heteroatoms. The minimum absolute atomic E-state index is 0.260. The Morgan fingerprint density at radius 1 is 1.45 bits per heavy atom. The number of benzene rings is 1. The zero-order valence-corrected chi connectivity index (χ0v) is 13.2. The first-order chi connectivity index (χ1) is 10.5. The van der Waals surface area contributed by atoms with Gasteiger partial charge in [0.05, 0.1) is 18.7 Å². The van der Waals surface area contributed by atoms with Crippen LogP contribution in [0.15, 0.2) is 12.1 Å². The van der Waals surface area contributed by atoms with Gasteiger partial charge in [0.25, 0.3) is 5.91 Å². The Balaban J connectivity index is 2.34. The standard InChI is InChI=1S/C15H18ClNO5/c1-3-22-13-10(16)7-9(8-12(13)21-2)14(18)17-6-4-5-11(17)15(19)20/h7-8,11H,3-6H2,1-2H3,(H,19,20)/t11-/m0/s1. The van der Waals surface area contributed by atoms with E-state index >= 15 is 0 Å². The molecule has 2 rings (SSSR count). The highest BCUT2D eigenvalue weighted by molar-refractivity contribution is 6.32. The minimum Gasteiger partial charge on any atom is -0.493 e. The van der Waals surface area contributed by atoms with Crippen molar-refractivity contribution in [2.75, 3.05) is 20.3 Å². The van der Waals surface area contributed by atoms with E-state index in [1.165, 1.54) is 24.1 Å². The van der Waals surface area contributed by atoms with Crippen molar-refractivity contribution in [2.24, 2.45) is 0 Å². The van der Waals surface area contributed by atoms with Crippen molar-refractivity contribution < 1.29 is 24.2 Å². The average Bonchev–Trinajstić information content (AvgIpc) is 2.98. The van der Waals surface area contributed by atoms with Gasteiger partial charge in [0.15, 0.2) is 11.5 Å². The molecule has 1 amide bonds. The van der Waals surface area contributed by atoms with Crippen molar-refractivity contribution in [3.63, 3.8) is 0 Å². The van der Waals surface area contributed by atoms with E-state index in [-0.39, 0.29) is 10.9 Å². The average molecular weight is 328 g/mol. The van der Waals surface area contributed by atoms with Gasteiger partial charge in [-0.15, -0.1) is 0 Å². The van der Waals surface area contributed by atoms with Gasteiger partial charge in [0.2, 0.25) is 0 Å². The van der Waals surface area contributed by atoms with E-state index in [1.807, 2.05) is 6.92 Å². The van der Waals surface area contributed by atoms with Gasteiger partial charge in [0, 0.05) is 12.1 Å². The third-order valence-electron chi connectivity index (χ3n) is 3.56. The molecule has 22 heavy (non-hydrogen) atoms. The van der Waals surface area contributed by atoms with Gasteiger partial charge in [-0.05, 0) is 31.9 Å². The molecule has 0 saturated carbocycles. The lowest BCUT2D eigenvalue weighted by molar-refractivity contribution is -0.141. The second-order valence-electron chi connectivity index (χ2n) is 4.92. The highest BCUT2D eigenvalue weighted by atomic mass is 35.5. The smallest absolute Gasteiger partial charge is 0.326 e. The number of methoxy groups -OCH3 is 1. The van der Waals surface area contributed by atoms with Crippen LogP contribution < -0.4 is 9.47 Å². The van der Waals surface area contributed by atoms with Gasteiger partial charge in [-0.25, -0.2) is 4.79 Å². The Bertz CT molecular complexity index is 590. The van der Waals surface area contributed by atoms with Crippen LogP contribution in [-0.4, -0.2) is 48.2 Å². The molecule has 1 atom stereocenters. The summed E-state index contributed by atoms with van der Waals surface area (Å²) in [6.45, 7) is 2.65. The van der Waals surface area contributed by atoms with Crippen LogP contribution in [0.4, 0.5) is 0 Å². The lowest BCUT2D eigenvalue weighted by Gasteiger charge is -2.22. The van der Waals surface area contributed by atoms with Gasteiger partial charge in [-0.3, -0.25) is 4.79 Å². The predicted molar refractivity (Wildman–Crippen MR) is 80.9 cm³/mol. The molecule has 0 bridgehead atoms. The number of amides is 1. The number of nitrogens with zero attached hydrogens (tertiary/aromatic N) is 1. The molecule has 6 nitrogen and oxygen atoms in total. The Morgan fingerprint density at radius 2 is 2.18 bits per heavy atom. The Labute approximate surface area is 133 Å². The van der Waals surface area contributed by atoms with Crippen molar-refractivity contribution in [1.29, 1.82) is 0 Å². The second-order valence-corrected chi connectivity index (χ2v) is 5.32. The fourth-order valence-corrected chi connectivity index (χ4v) is 2.83. The summed E-state index contributed by atoms with van der Waals surface area (Å²) in [5, 5.41) is 9.44. The molecule has 0 spiro atoms. The van der Waals surface area contributed by atoms with Crippen LogP contribution in [0.25, 0.3) is 0 Å². The molecular formula is C15H18ClNO5.